The molecule has 3 aromatic rings. The number of carbonyl (C=O) groups excluding carboxylic acids is 1. The van der Waals surface area contributed by atoms with Crippen molar-refractivity contribution in [3.05, 3.63) is 76.6 Å². The Morgan fingerprint density at radius 2 is 1.85 bits per heavy atom. The van der Waals surface area contributed by atoms with E-state index in [9.17, 15) is 4.79 Å². The minimum absolute atomic E-state index is 0.0826. The van der Waals surface area contributed by atoms with Crippen LogP contribution in [-0.2, 0) is 18.3 Å². The van der Waals surface area contributed by atoms with Gasteiger partial charge in [-0.2, -0.15) is 0 Å². The zero-order valence-electron chi connectivity index (χ0n) is 25.8. The first kappa shape index (κ1) is 30.5. The maximum absolute atomic E-state index is 13.6. The summed E-state index contributed by atoms with van der Waals surface area (Å²) >= 11 is 0. The first-order valence-electron chi connectivity index (χ1n) is 14.6. The minimum Gasteiger partial charge on any atom is -0.494 e. The molecule has 0 unspecified atom stereocenters. The van der Waals surface area contributed by atoms with E-state index >= 15 is 0 Å². The minimum atomic E-state index is -0.209. The Morgan fingerprint density at radius 3 is 2.54 bits per heavy atom. The molecule has 2 N–H and O–H groups in total. The van der Waals surface area contributed by atoms with E-state index in [4.69, 9.17) is 9.47 Å². The normalized spacial score (nSPS) is 14.2. The topological polar surface area (TPSA) is 75.7 Å². The number of aromatic nitrogens is 1. The number of nitrogens with zero attached hydrogens (tertiary/aromatic N) is 2. The highest BCUT2D eigenvalue weighted by molar-refractivity contribution is 6.05. The number of hydrogen-bond acceptors (Lipinski definition) is 6. The van der Waals surface area contributed by atoms with Crippen LogP contribution in [0.3, 0.4) is 0 Å². The molecule has 1 aliphatic heterocycles. The van der Waals surface area contributed by atoms with Crippen molar-refractivity contribution < 1.29 is 14.3 Å². The summed E-state index contributed by atoms with van der Waals surface area (Å²) in [6.07, 6.45) is 5.91. The van der Waals surface area contributed by atoms with Crippen LogP contribution in [0.15, 0.2) is 48.7 Å². The van der Waals surface area contributed by atoms with Crippen LogP contribution in [0.25, 0.3) is 0 Å². The Hall–Kier alpha value is -3.42. The third-order valence-corrected chi connectivity index (χ3v) is 7.74. The van der Waals surface area contributed by atoms with Gasteiger partial charge in [-0.05, 0) is 112 Å². The van der Waals surface area contributed by atoms with Crippen LogP contribution < -0.4 is 20.1 Å². The molecule has 1 fully saturated rings. The summed E-state index contributed by atoms with van der Waals surface area (Å²) in [4.78, 5) is 20.3. The largest absolute Gasteiger partial charge is 0.494 e. The molecule has 1 aliphatic rings. The molecular weight excluding hydrogens is 512 g/mol. The van der Waals surface area contributed by atoms with Crippen molar-refractivity contribution in [2.45, 2.75) is 58.8 Å². The maximum atomic E-state index is 13.6. The fraction of sp³-hybridized carbons (Fsp3) is 0.471. The molecule has 1 saturated heterocycles. The standard InChI is InChI=1S/C34H46N4O3/c1-23-8-9-26(20-31(23)41-29-12-16-36-28(22-29)18-24-10-14-35-15-11-24)33(39)37-30-21-27(34(2,3)4)19-25(32(30)40-7)13-17-38(5)6/h8-9,12,16,19-22,24,35H,10-11,13-15,17-18H2,1-7H3,(H,37,39). The van der Waals surface area contributed by atoms with Crippen LogP contribution in [0, 0.1) is 12.8 Å². The summed E-state index contributed by atoms with van der Waals surface area (Å²) in [6, 6.07) is 13.7. The van der Waals surface area contributed by atoms with Gasteiger partial charge in [0.05, 0.1) is 12.8 Å². The highest BCUT2D eigenvalue weighted by atomic mass is 16.5. The molecule has 41 heavy (non-hydrogen) atoms. The van der Waals surface area contributed by atoms with Crippen molar-refractivity contribution in [1.82, 2.24) is 15.2 Å². The molecule has 0 saturated carbocycles. The van der Waals surface area contributed by atoms with E-state index in [2.05, 4.69) is 61.5 Å². The van der Waals surface area contributed by atoms with Gasteiger partial charge in [0, 0.05) is 30.1 Å². The molecule has 0 aliphatic carbocycles. The first-order valence-corrected chi connectivity index (χ1v) is 14.6. The summed E-state index contributed by atoms with van der Waals surface area (Å²) in [5.74, 6) is 2.52. The van der Waals surface area contributed by atoms with Gasteiger partial charge in [-0.15, -0.1) is 0 Å². The summed E-state index contributed by atoms with van der Waals surface area (Å²) in [6.45, 7) is 11.5. The number of pyridine rings is 1. The third-order valence-electron chi connectivity index (χ3n) is 7.74. The number of likely N-dealkylation sites (N-methyl/N-ethyl adjacent to an activating group) is 1. The summed E-state index contributed by atoms with van der Waals surface area (Å²) in [5.41, 5.74) is 5.34. The second-order valence-corrected chi connectivity index (χ2v) is 12.4. The molecule has 0 spiro atoms. The van der Waals surface area contributed by atoms with Gasteiger partial charge in [-0.1, -0.05) is 32.9 Å². The van der Waals surface area contributed by atoms with Gasteiger partial charge >= 0.3 is 0 Å². The molecule has 7 nitrogen and oxygen atoms in total. The van der Waals surface area contributed by atoms with Crippen LogP contribution >= 0.6 is 0 Å². The van der Waals surface area contributed by atoms with E-state index in [1.165, 1.54) is 12.8 Å². The Kier molecular flexibility index (Phi) is 10.1. The van der Waals surface area contributed by atoms with Crippen LogP contribution in [0.4, 0.5) is 5.69 Å². The zero-order chi connectivity index (χ0) is 29.6. The van der Waals surface area contributed by atoms with E-state index in [0.717, 1.165) is 60.6 Å². The quantitative estimate of drug-likeness (QED) is 0.301. The van der Waals surface area contributed by atoms with Crippen molar-refractivity contribution in [3.8, 4) is 17.2 Å². The first-order chi connectivity index (χ1) is 19.5. The van der Waals surface area contributed by atoms with Gasteiger partial charge in [0.25, 0.3) is 5.91 Å². The van der Waals surface area contributed by atoms with Gasteiger partial charge in [-0.25, -0.2) is 0 Å². The smallest absolute Gasteiger partial charge is 0.255 e. The number of benzene rings is 2. The lowest BCUT2D eigenvalue weighted by atomic mass is 9.85. The lowest BCUT2D eigenvalue weighted by Gasteiger charge is -2.24. The van der Waals surface area contributed by atoms with Crippen LogP contribution in [0.5, 0.6) is 17.2 Å². The number of aryl methyl sites for hydroxylation is 1. The molecule has 0 radical (unpaired) electrons. The molecule has 0 bridgehead atoms. The van der Waals surface area contributed by atoms with Gasteiger partial charge in [-0.3, -0.25) is 9.78 Å². The third kappa shape index (κ3) is 8.30. The molecule has 220 valence electrons. The monoisotopic (exact) mass is 558 g/mol. The number of carbonyl (C=O) groups is 1. The molecule has 1 amide bonds. The number of piperidine rings is 1. The average Bonchev–Trinajstić information content (AvgIpc) is 2.93. The lowest BCUT2D eigenvalue weighted by Crippen LogP contribution is -2.28. The van der Waals surface area contributed by atoms with E-state index < -0.39 is 0 Å². The summed E-state index contributed by atoms with van der Waals surface area (Å²) in [5, 5.41) is 6.56. The van der Waals surface area contributed by atoms with Crippen LogP contribution in [0.1, 0.15) is 66.4 Å². The lowest BCUT2D eigenvalue weighted by molar-refractivity contribution is 0.102. The maximum Gasteiger partial charge on any atom is 0.255 e. The Balaban J connectivity index is 1.56. The summed E-state index contributed by atoms with van der Waals surface area (Å²) < 4.78 is 12.1. The van der Waals surface area contributed by atoms with Crippen molar-refractivity contribution >= 4 is 11.6 Å². The Morgan fingerprint density at radius 1 is 1.10 bits per heavy atom. The van der Waals surface area contributed by atoms with E-state index in [1.807, 2.05) is 43.3 Å². The zero-order valence-corrected chi connectivity index (χ0v) is 25.8. The summed E-state index contributed by atoms with van der Waals surface area (Å²) in [7, 11) is 5.77. The average molecular weight is 559 g/mol. The van der Waals surface area contributed by atoms with Gasteiger partial charge < -0.3 is 25.0 Å². The number of methoxy groups -OCH3 is 1. The van der Waals surface area contributed by atoms with Gasteiger partial charge in [0.2, 0.25) is 0 Å². The molecule has 2 aromatic carbocycles. The molecule has 1 aromatic heterocycles. The number of rotatable bonds is 10. The van der Waals surface area contributed by atoms with Crippen molar-refractivity contribution in [2.24, 2.45) is 5.92 Å². The van der Waals surface area contributed by atoms with E-state index in [0.29, 0.717) is 28.7 Å². The van der Waals surface area contributed by atoms with Gasteiger partial charge in [0.15, 0.2) is 0 Å². The number of amides is 1. The second-order valence-electron chi connectivity index (χ2n) is 12.4. The van der Waals surface area contributed by atoms with E-state index in [1.54, 1.807) is 13.3 Å². The SMILES string of the molecule is COc1c(CCN(C)C)cc(C(C)(C)C)cc1NC(=O)c1ccc(C)c(Oc2ccnc(CC3CCNCC3)c2)c1. The molecule has 2 heterocycles. The second kappa shape index (κ2) is 13.5. The molecule has 7 heteroatoms. The number of anilines is 1. The van der Waals surface area contributed by atoms with Crippen molar-refractivity contribution in [1.29, 1.82) is 0 Å². The Labute approximate surface area is 245 Å². The van der Waals surface area contributed by atoms with Crippen molar-refractivity contribution in [2.75, 3.05) is 46.2 Å². The van der Waals surface area contributed by atoms with Crippen molar-refractivity contribution in [3.63, 3.8) is 0 Å². The molecule has 0 atom stereocenters. The van der Waals surface area contributed by atoms with E-state index in [-0.39, 0.29) is 11.3 Å². The molecular formula is C34H46N4O3. The van der Waals surface area contributed by atoms with Crippen LogP contribution in [0.2, 0.25) is 0 Å². The number of hydrogen-bond donors (Lipinski definition) is 2. The number of ether oxygens (including phenoxy) is 2. The fourth-order valence-electron chi connectivity index (χ4n) is 5.17. The van der Waals surface area contributed by atoms with Crippen LogP contribution in [-0.4, -0.2) is 56.6 Å². The highest BCUT2D eigenvalue weighted by Crippen LogP contribution is 2.36. The molecule has 4 rings (SSSR count). The predicted molar refractivity (Wildman–Crippen MR) is 167 cm³/mol. The highest BCUT2D eigenvalue weighted by Gasteiger charge is 2.22. The number of nitrogens with one attached hydrogen (secondary N) is 2. The predicted octanol–water partition coefficient (Wildman–Crippen LogP) is 6.39. The fourth-order valence-corrected chi connectivity index (χ4v) is 5.17. The Bertz CT molecular complexity index is 1340. The van der Waals surface area contributed by atoms with Gasteiger partial charge in [0.1, 0.15) is 17.2 Å².